The first kappa shape index (κ1) is 76.7. The Balaban J connectivity index is 0.866. The number of Topliss-reactive ketones (excluding diaryl/α,β-unsaturated/α-hetero) is 1. The summed E-state index contributed by atoms with van der Waals surface area (Å²) in [7, 11) is 0. The number of nitrogens with zero attached hydrogens (tertiary/aromatic N) is 10. The number of rotatable bonds is 37. The summed E-state index contributed by atoms with van der Waals surface area (Å²) in [5.41, 5.74) is 1.56. The number of ether oxygens (including phenoxy) is 3. The molecule has 3 aromatic rings. The molecule has 4 saturated heterocycles. The second kappa shape index (κ2) is 39.7. The van der Waals surface area contributed by atoms with Gasteiger partial charge in [-0.15, -0.1) is 11.8 Å². The van der Waals surface area contributed by atoms with Crippen molar-refractivity contribution in [1.82, 2.24) is 54.8 Å². The lowest BCUT2D eigenvalue weighted by Crippen LogP contribution is -2.51. The monoisotopic (exact) mass is 1370 g/mol. The number of carbonyl (C=O) groups excluding carboxylic acids is 9. The molecule has 4 aliphatic rings. The maximum absolute atomic E-state index is 14.6. The van der Waals surface area contributed by atoms with Crippen LogP contribution in [-0.4, -0.2) is 276 Å². The number of thioether (sulfide) groups is 1. The first-order valence-corrected chi connectivity index (χ1v) is 34.9. The van der Waals surface area contributed by atoms with Crippen molar-refractivity contribution in [3.63, 3.8) is 0 Å². The molecule has 6 amide bonds. The number of aromatic nitrogens is 1. The zero-order valence-electron chi connectivity index (χ0n) is 56.4. The summed E-state index contributed by atoms with van der Waals surface area (Å²) in [4.78, 5) is 147. The average molecular weight is 1370 g/mol. The van der Waals surface area contributed by atoms with Gasteiger partial charge in [0.2, 0.25) is 29.5 Å². The van der Waals surface area contributed by atoms with E-state index in [1.165, 1.54) is 40.9 Å². The summed E-state index contributed by atoms with van der Waals surface area (Å²) in [6, 6.07) is 16.2. The maximum Gasteiger partial charge on any atom is 0.317 e. The molecule has 3 N–H and O–H groups in total. The van der Waals surface area contributed by atoms with Gasteiger partial charge in [-0.05, 0) is 88.7 Å². The van der Waals surface area contributed by atoms with Crippen molar-refractivity contribution in [2.24, 2.45) is 5.92 Å². The van der Waals surface area contributed by atoms with E-state index in [-0.39, 0.29) is 99.3 Å². The molecular weight excluding hydrogens is 1270 g/mol. The molecule has 28 heteroatoms. The molecule has 97 heavy (non-hydrogen) atoms. The third kappa shape index (κ3) is 25.6. The van der Waals surface area contributed by atoms with E-state index in [9.17, 15) is 62.7 Å². The highest BCUT2D eigenvalue weighted by Crippen LogP contribution is 2.33. The van der Waals surface area contributed by atoms with Gasteiger partial charge in [0.1, 0.15) is 36.7 Å². The second-order valence-corrected chi connectivity index (χ2v) is 27.5. The first-order valence-electron chi connectivity index (χ1n) is 34.0. The fourth-order valence-electron chi connectivity index (χ4n) is 12.6. The van der Waals surface area contributed by atoms with Crippen LogP contribution in [0.4, 0.5) is 4.39 Å². The van der Waals surface area contributed by atoms with Crippen LogP contribution in [-0.2, 0) is 59.0 Å². The van der Waals surface area contributed by atoms with Crippen LogP contribution in [0.5, 0.6) is 5.75 Å². The first-order chi connectivity index (χ1) is 46.7. The van der Waals surface area contributed by atoms with E-state index in [0.717, 1.165) is 62.8 Å². The van der Waals surface area contributed by atoms with Gasteiger partial charge in [-0.2, -0.15) is 5.26 Å². The molecule has 4 unspecified atom stereocenters. The van der Waals surface area contributed by atoms with Crippen molar-refractivity contribution in [3.05, 3.63) is 71.4 Å². The molecular formula is C69H97FN12O14S. The number of carbonyl (C=O) groups is 10. The maximum atomic E-state index is 14.6. The van der Waals surface area contributed by atoms with E-state index >= 15 is 0 Å². The molecule has 5 heterocycles. The van der Waals surface area contributed by atoms with Crippen LogP contribution in [0.3, 0.4) is 0 Å². The van der Waals surface area contributed by atoms with Gasteiger partial charge in [0.15, 0.2) is 0 Å². The minimum atomic E-state index is -1.68. The summed E-state index contributed by atoms with van der Waals surface area (Å²) in [5.74, 6) is -3.11. The molecule has 0 aliphatic carbocycles. The minimum Gasteiger partial charge on any atom is -0.494 e. The zero-order chi connectivity index (χ0) is 69.7. The number of benzene rings is 2. The van der Waals surface area contributed by atoms with Gasteiger partial charge in [-0.3, -0.25) is 82.3 Å². The van der Waals surface area contributed by atoms with Crippen LogP contribution in [0.2, 0.25) is 0 Å². The van der Waals surface area contributed by atoms with E-state index < -0.39 is 47.2 Å². The number of carboxylic acids is 1. The third-order valence-electron chi connectivity index (χ3n) is 18.2. The van der Waals surface area contributed by atoms with Gasteiger partial charge in [-0.25, -0.2) is 4.39 Å². The van der Waals surface area contributed by atoms with Crippen LogP contribution >= 0.6 is 11.8 Å². The van der Waals surface area contributed by atoms with Crippen molar-refractivity contribution >= 4 is 82.8 Å². The Morgan fingerprint density at radius 2 is 1.43 bits per heavy atom. The number of amides is 6. The predicted octanol–water partition coefficient (Wildman–Crippen LogP) is 3.91. The Morgan fingerprint density at radius 1 is 0.794 bits per heavy atom. The third-order valence-corrected chi connectivity index (χ3v) is 19.7. The van der Waals surface area contributed by atoms with E-state index in [0.29, 0.717) is 134 Å². The van der Waals surface area contributed by atoms with E-state index in [4.69, 9.17) is 14.2 Å². The number of halogens is 1. The summed E-state index contributed by atoms with van der Waals surface area (Å²) >= 11 is 1.36. The van der Waals surface area contributed by atoms with Crippen LogP contribution in [0.1, 0.15) is 112 Å². The Kier molecular flexibility index (Phi) is 31.3. The highest BCUT2D eigenvalue weighted by atomic mass is 32.2. The number of ketones is 1. The number of nitrogens with one attached hydrogen (secondary N) is 2. The van der Waals surface area contributed by atoms with Crippen LogP contribution in [0.25, 0.3) is 10.9 Å². The quantitative estimate of drug-likeness (QED) is 0.0419. The molecule has 0 radical (unpaired) electrons. The fourth-order valence-corrected chi connectivity index (χ4v) is 14.0. The van der Waals surface area contributed by atoms with E-state index in [1.807, 2.05) is 27.7 Å². The van der Waals surface area contributed by atoms with Crippen LogP contribution in [0.15, 0.2) is 54.7 Å². The molecule has 0 saturated carbocycles. The fraction of sp³-hybridized carbons (Fsp3) is 0.623. The van der Waals surface area contributed by atoms with Crippen molar-refractivity contribution in [2.45, 2.75) is 126 Å². The SMILES string of the molecule is Cc1ccc(CCCC(=O)CCCCCCC(CNC(=O)CN2CCN(COC=O)CCN(COC=O)CCN(CC(=O)O)CC2)SC2CC(=O)N(CC(C)C(=O)N3CCN(CCCCOc4ccc5nccc(C(=O)NCC(=O)N6CC(C)(F)C[C@@H]6C#N)c5c4)CC3)C2=O)cc1. The van der Waals surface area contributed by atoms with Gasteiger partial charge >= 0.3 is 5.97 Å². The molecule has 26 nitrogen and oxygen atoms in total. The minimum absolute atomic E-state index is 0.000948. The van der Waals surface area contributed by atoms with Crippen LogP contribution in [0, 0.1) is 24.2 Å². The largest absolute Gasteiger partial charge is 0.494 e. The molecule has 530 valence electrons. The van der Waals surface area contributed by atoms with Gasteiger partial charge in [0.25, 0.3) is 18.9 Å². The summed E-state index contributed by atoms with van der Waals surface area (Å²) < 4.78 is 30.8. The second-order valence-electron chi connectivity index (χ2n) is 26.0. The summed E-state index contributed by atoms with van der Waals surface area (Å²) in [5, 5.41) is 24.4. The number of aliphatic carboxylic acids is 1. The lowest BCUT2D eigenvalue weighted by molar-refractivity contribution is -0.143. The number of aryl methyl sites for hydroxylation is 2. The molecule has 4 fully saturated rings. The Morgan fingerprint density at radius 3 is 2.09 bits per heavy atom. The standard InChI is InChI=1S/C69H97FN12O14S/c1-51-15-17-53(18-16-51)11-10-13-55(85)12-6-4-5-7-14-57(41-73-62(86)44-76-24-25-77(45-65(89)90)27-29-79(48-95-50-84)31-30-78(28-26-76)47-94-49-83)97-61-38-63(87)81(68(61)93)43-52(2)67(92)80-34-32-75(33-35-80)23-8-9-36-96-56-19-20-60-59(37-56)58(21-22-72-60)66(91)74-42-64(88)82-46-69(3,70)39-54(82)40-71/h15-22,37,49-50,52,54,57,61H,4-14,23-36,38-39,41-48H2,1-3H3,(H,73,86)(H,74,91)(H,89,90)/t52?,54-,57?,61?,69?/m1/s1. The Bertz CT molecular complexity index is 3170. The number of fused-ring (bicyclic) bond motifs is 1. The Labute approximate surface area is 572 Å². The number of pyridine rings is 1. The number of carboxylic acid groups (broad SMARTS) is 1. The molecule has 7 rings (SSSR count). The number of alkyl halides is 1. The normalized spacial score (nSPS) is 20.3. The number of unbranched alkanes of at least 4 members (excludes halogenated alkanes) is 4. The van der Waals surface area contributed by atoms with Gasteiger partial charge in [0.05, 0.1) is 61.1 Å². The number of nitriles is 1. The summed E-state index contributed by atoms with van der Waals surface area (Å²) in [6.07, 6.45) is 9.37. The number of likely N-dealkylation sites (tertiary alicyclic amines) is 2. The molecule has 5 atom stereocenters. The lowest BCUT2D eigenvalue weighted by atomic mass is 10.0. The zero-order valence-corrected chi connectivity index (χ0v) is 57.2. The molecule has 1 aromatic heterocycles. The number of hydrogen-bond acceptors (Lipinski definition) is 21. The molecule has 0 spiro atoms. The average Bonchev–Trinajstić information content (AvgIpc) is 1.69. The van der Waals surface area contributed by atoms with Crippen LogP contribution < -0.4 is 15.4 Å². The van der Waals surface area contributed by atoms with Crippen molar-refractivity contribution < 1.29 is 71.7 Å². The van der Waals surface area contributed by atoms with Crippen molar-refractivity contribution in [2.75, 3.05) is 144 Å². The van der Waals surface area contributed by atoms with E-state index in [2.05, 4.69) is 44.8 Å². The molecule has 2 aromatic carbocycles. The topological polar surface area (TPSA) is 305 Å². The molecule has 4 aliphatic heterocycles. The van der Waals surface area contributed by atoms with Gasteiger partial charge < -0.3 is 39.8 Å². The number of hydrogen-bond donors (Lipinski definition) is 3. The number of imide groups is 1. The highest BCUT2D eigenvalue weighted by molar-refractivity contribution is 8.01. The molecule has 0 bridgehead atoms. The number of piperazine rings is 1. The lowest BCUT2D eigenvalue weighted by Gasteiger charge is -2.36. The van der Waals surface area contributed by atoms with E-state index in [1.54, 1.807) is 41.0 Å². The smallest absolute Gasteiger partial charge is 0.317 e. The summed E-state index contributed by atoms with van der Waals surface area (Å²) in [6.45, 7) is 11.5. The van der Waals surface area contributed by atoms with Gasteiger partial charge in [0, 0.05) is 134 Å². The van der Waals surface area contributed by atoms with Crippen molar-refractivity contribution in [1.29, 1.82) is 5.26 Å². The van der Waals surface area contributed by atoms with Gasteiger partial charge in [-0.1, -0.05) is 56.0 Å². The predicted molar refractivity (Wildman–Crippen MR) is 360 cm³/mol. The Hall–Kier alpha value is -7.68. The van der Waals surface area contributed by atoms with Crippen molar-refractivity contribution in [3.8, 4) is 11.8 Å². The highest BCUT2D eigenvalue weighted by Gasteiger charge is 2.44.